The molecule has 0 unspecified atom stereocenters. The van der Waals surface area contributed by atoms with Gasteiger partial charge in [0, 0.05) is 5.69 Å². The molecule has 0 aliphatic rings. The average Bonchev–Trinajstić information content (AvgIpc) is 2.75. The Labute approximate surface area is 184 Å². The van der Waals surface area contributed by atoms with E-state index in [-0.39, 0.29) is 22.6 Å². The van der Waals surface area contributed by atoms with Crippen molar-refractivity contribution in [3.8, 4) is 11.5 Å². The van der Waals surface area contributed by atoms with E-state index in [0.717, 1.165) is 30.3 Å². The second-order valence-electron chi connectivity index (χ2n) is 6.89. The predicted octanol–water partition coefficient (Wildman–Crippen LogP) is 5.13. The molecule has 11 heteroatoms. The Hall–Kier alpha value is -3.99. The second-order valence-corrected chi connectivity index (χ2v) is 6.89. The Morgan fingerprint density at radius 3 is 2.33 bits per heavy atom. The van der Waals surface area contributed by atoms with Gasteiger partial charge in [0.05, 0.1) is 16.7 Å². The minimum absolute atomic E-state index is 0.0521. The number of rotatable bonds is 5. The number of alkyl halides is 3. The number of aryl methyl sites for hydroxylation is 1. The summed E-state index contributed by atoms with van der Waals surface area (Å²) in [6.07, 6.45) is -4.70. The van der Waals surface area contributed by atoms with Crippen LogP contribution < -0.4 is 21.3 Å². The predicted molar refractivity (Wildman–Crippen MR) is 111 cm³/mol. The highest BCUT2D eigenvalue weighted by atomic mass is 19.4. The van der Waals surface area contributed by atoms with Gasteiger partial charge in [-0.15, -0.1) is 0 Å². The Morgan fingerprint density at radius 2 is 1.70 bits per heavy atom. The zero-order valence-electron chi connectivity index (χ0n) is 17.0. The van der Waals surface area contributed by atoms with Gasteiger partial charge in [0.15, 0.2) is 0 Å². The summed E-state index contributed by atoms with van der Waals surface area (Å²) in [4.78, 5) is 12.8. The van der Waals surface area contributed by atoms with Crippen LogP contribution in [-0.4, -0.2) is 11.7 Å². The first kappa shape index (κ1) is 23.7. The van der Waals surface area contributed by atoms with E-state index in [1.165, 1.54) is 19.1 Å². The van der Waals surface area contributed by atoms with E-state index in [1.807, 2.05) is 5.43 Å². The van der Waals surface area contributed by atoms with E-state index in [9.17, 15) is 26.7 Å². The summed E-state index contributed by atoms with van der Waals surface area (Å²) >= 11 is 0. The maximum atomic E-state index is 13.9. The number of carbonyl (C=O) groups excluding carboxylic acids is 1. The lowest BCUT2D eigenvalue weighted by molar-refractivity contribution is -0.137. The number of hydrogen-bond donors (Lipinski definition) is 4. The lowest BCUT2D eigenvalue weighted by Gasteiger charge is -2.16. The van der Waals surface area contributed by atoms with Crippen LogP contribution in [0.15, 0.2) is 54.6 Å². The number of nitrogens with one attached hydrogen (secondary N) is 3. The van der Waals surface area contributed by atoms with E-state index in [1.54, 1.807) is 0 Å². The third kappa shape index (κ3) is 5.44. The lowest BCUT2D eigenvalue weighted by atomic mass is 10.1. The summed E-state index contributed by atoms with van der Waals surface area (Å²) in [5.74, 6) is 2.10. The van der Waals surface area contributed by atoms with E-state index in [4.69, 9.17) is 16.0 Å². The molecule has 0 radical (unpaired) electrons. The van der Waals surface area contributed by atoms with Crippen molar-refractivity contribution in [3.63, 3.8) is 0 Å². The molecule has 33 heavy (non-hydrogen) atoms. The van der Waals surface area contributed by atoms with Crippen molar-refractivity contribution >= 4 is 17.4 Å². The summed E-state index contributed by atoms with van der Waals surface area (Å²) in [6.45, 7) is 1.49. The molecule has 0 fully saturated rings. The molecular weight excluding hydrogens is 447 g/mol. The molecule has 0 heterocycles. The van der Waals surface area contributed by atoms with Gasteiger partial charge in [0.25, 0.3) is 5.91 Å². The number of anilines is 1. The minimum Gasteiger partial charge on any atom is -0.456 e. The summed E-state index contributed by atoms with van der Waals surface area (Å²) in [6, 6.07) is 9.04. The van der Waals surface area contributed by atoms with Gasteiger partial charge in [-0.1, -0.05) is 0 Å². The molecule has 3 aromatic carbocycles. The number of hydrogen-bond acceptors (Lipinski definition) is 4. The first-order valence-electron chi connectivity index (χ1n) is 9.31. The van der Waals surface area contributed by atoms with Crippen LogP contribution >= 0.6 is 0 Å². The van der Waals surface area contributed by atoms with Crippen molar-refractivity contribution in [3.05, 3.63) is 88.5 Å². The summed E-state index contributed by atoms with van der Waals surface area (Å²) < 4.78 is 72.5. The molecule has 6 nitrogen and oxygen atoms in total. The van der Waals surface area contributed by atoms with Crippen molar-refractivity contribution in [1.82, 2.24) is 5.43 Å². The number of benzene rings is 3. The van der Waals surface area contributed by atoms with Crippen LogP contribution in [0.25, 0.3) is 0 Å². The molecule has 3 rings (SSSR count). The molecule has 0 spiro atoms. The number of amidine groups is 1. The SMILES string of the molecule is Cc1cc(F)ccc1Oc1cc(C(F)(F)F)ccc1C(=O)Nc1ccc(F)c(C(=N)NN)c1. The zero-order valence-corrected chi connectivity index (χ0v) is 17.0. The molecule has 0 aliphatic heterocycles. The number of halogens is 5. The highest BCUT2D eigenvalue weighted by Crippen LogP contribution is 2.36. The number of carbonyl (C=O) groups is 1. The largest absolute Gasteiger partial charge is 0.456 e. The fourth-order valence-electron chi connectivity index (χ4n) is 2.89. The molecule has 5 N–H and O–H groups in total. The fraction of sp³-hybridized carbons (Fsp3) is 0.0909. The van der Waals surface area contributed by atoms with Crippen LogP contribution in [0.5, 0.6) is 11.5 Å². The van der Waals surface area contributed by atoms with Crippen LogP contribution in [0.4, 0.5) is 27.6 Å². The van der Waals surface area contributed by atoms with Crippen molar-refractivity contribution in [2.45, 2.75) is 13.1 Å². The van der Waals surface area contributed by atoms with E-state index in [2.05, 4.69) is 5.32 Å². The molecule has 0 bridgehead atoms. The molecule has 0 aliphatic carbocycles. The Balaban J connectivity index is 1.99. The standard InChI is InChI=1S/C22H17F5N4O2/c1-11-8-13(23)3-7-18(11)33-19-9-12(22(25,26)27)2-5-15(19)21(32)30-14-4-6-17(24)16(10-14)20(28)31-29/h2-10H,29H2,1H3,(H2,28,31)(H,30,32). The number of hydrazine groups is 1. The highest BCUT2D eigenvalue weighted by Gasteiger charge is 2.32. The molecule has 172 valence electrons. The van der Waals surface area contributed by atoms with Gasteiger partial charge in [-0.25, -0.2) is 14.6 Å². The molecule has 0 saturated heterocycles. The smallest absolute Gasteiger partial charge is 0.416 e. The molecule has 1 amide bonds. The number of ether oxygens (including phenoxy) is 1. The molecule has 0 saturated carbocycles. The molecule has 0 atom stereocenters. The Morgan fingerprint density at radius 1 is 0.970 bits per heavy atom. The molecule has 3 aromatic rings. The van der Waals surface area contributed by atoms with Gasteiger partial charge < -0.3 is 15.5 Å². The van der Waals surface area contributed by atoms with Crippen LogP contribution in [0.3, 0.4) is 0 Å². The van der Waals surface area contributed by atoms with Gasteiger partial charge in [-0.3, -0.25) is 10.2 Å². The Kier molecular flexibility index (Phi) is 6.63. The number of amides is 1. The second kappa shape index (κ2) is 9.25. The first-order chi connectivity index (χ1) is 15.5. The quantitative estimate of drug-likeness (QED) is 0.138. The van der Waals surface area contributed by atoms with Gasteiger partial charge in [0.1, 0.15) is 29.0 Å². The maximum absolute atomic E-state index is 13.9. The van der Waals surface area contributed by atoms with Gasteiger partial charge in [-0.2, -0.15) is 13.2 Å². The highest BCUT2D eigenvalue weighted by molar-refractivity contribution is 6.07. The molecular formula is C22H17F5N4O2. The fourth-order valence-corrected chi connectivity index (χ4v) is 2.89. The van der Waals surface area contributed by atoms with Crippen LogP contribution in [-0.2, 0) is 6.18 Å². The maximum Gasteiger partial charge on any atom is 0.416 e. The van der Waals surface area contributed by atoms with Crippen molar-refractivity contribution in [1.29, 1.82) is 5.41 Å². The normalized spacial score (nSPS) is 11.1. The van der Waals surface area contributed by atoms with E-state index in [0.29, 0.717) is 17.7 Å². The van der Waals surface area contributed by atoms with E-state index >= 15 is 0 Å². The molecule has 0 aromatic heterocycles. The first-order valence-corrected chi connectivity index (χ1v) is 9.31. The van der Waals surface area contributed by atoms with E-state index < -0.39 is 40.9 Å². The van der Waals surface area contributed by atoms with Crippen LogP contribution in [0.1, 0.15) is 27.0 Å². The Bertz CT molecular complexity index is 1230. The monoisotopic (exact) mass is 464 g/mol. The van der Waals surface area contributed by atoms with Crippen molar-refractivity contribution in [2.75, 3.05) is 5.32 Å². The number of nitrogens with two attached hydrogens (primary N) is 1. The van der Waals surface area contributed by atoms with Gasteiger partial charge in [-0.05, 0) is 67.1 Å². The summed E-state index contributed by atoms with van der Waals surface area (Å²) in [5.41, 5.74) is 0.784. The lowest BCUT2D eigenvalue weighted by Crippen LogP contribution is -2.30. The third-order valence-corrected chi connectivity index (χ3v) is 4.55. The van der Waals surface area contributed by atoms with Crippen molar-refractivity contribution in [2.24, 2.45) is 5.84 Å². The third-order valence-electron chi connectivity index (χ3n) is 4.55. The minimum atomic E-state index is -4.70. The zero-order chi connectivity index (χ0) is 24.3. The van der Waals surface area contributed by atoms with Crippen molar-refractivity contribution < 1.29 is 31.5 Å². The van der Waals surface area contributed by atoms with Gasteiger partial charge >= 0.3 is 6.18 Å². The average molecular weight is 464 g/mol. The van der Waals surface area contributed by atoms with Gasteiger partial charge in [0.2, 0.25) is 0 Å². The topological polar surface area (TPSA) is 100 Å². The summed E-state index contributed by atoms with van der Waals surface area (Å²) in [5, 5.41) is 10.0. The van der Waals surface area contributed by atoms with Crippen LogP contribution in [0.2, 0.25) is 0 Å². The van der Waals surface area contributed by atoms with Crippen LogP contribution in [0, 0.1) is 24.0 Å². The summed E-state index contributed by atoms with van der Waals surface area (Å²) in [7, 11) is 0.